The Morgan fingerprint density at radius 2 is 1.66 bits per heavy atom. The maximum absolute atomic E-state index is 9.54. The Bertz CT molecular complexity index is 1450. The smallest absolute Gasteiger partial charge is 0.137 e. The van der Waals surface area contributed by atoms with Gasteiger partial charge in [0.05, 0.1) is 27.0 Å². The van der Waals surface area contributed by atoms with Crippen LogP contribution in [0, 0.1) is 6.92 Å². The van der Waals surface area contributed by atoms with Crippen molar-refractivity contribution >= 4 is 16.7 Å². The Balaban J connectivity index is 1.39. The van der Waals surface area contributed by atoms with Crippen LogP contribution >= 0.6 is 0 Å². The number of anilines is 1. The van der Waals surface area contributed by atoms with Gasteiger partial charge in [-0.25, -0.2) is 9.97 Å². The van der Waals surface area contributed by atoms with Gasteiger partial charge >= 0.3 is 0 Å². The Morgan fingerprint density at radius 3 is 2.26 bits per heavy atom. The van der Waals surface area contributed by atoms with Crippen LogP contribution in [-0.4, -0.2) is 40.1 Å². The topological polar surface area (TPSA) is 50.3 Å². The number of hydrogen-bond acceptors (Lipinski definition) is 5. The van der Waals surface area contributed by atoms with Gasteiger partial charge in [0.15, 0.2) is 0 Å². The summed E-state index contributed by atoms with van der Waals surface area (Å²) >= 11 is 0. The minimum atomic E-state index is -1.84. The predicted molar refractivity (Wildman–Crippen MR) is 154 cm³/mol. The van der Waals surface area contributed by atoms with Crippen molar-refractivity contribution in [3.05, 3.63) is 114 Å². The van der Waals surface area contributed by atoms with E-state index >= 15 is 0 Å². The van der Waals surface area contributed by atoms with Crippen LogP contribution in [0.15, 0.2) is 91.0 Å². The summed E-state index contributed by atoms with van der Waals surface area (Å²) in [5.41, 5.74) is 3.30. The Kier molecular flexibility index (Phi) is 6.53. The molecular formula is C33H36N4O. The van der Waals surface area contributed by atoms with Crippen molar-refractivity contribution in [2.75, 3.05) is 25.0 Å². The minimum Gasteiger partial charge on any atom is -0.377 e. The van der Waals surface area contributed by atoms with Gasteiger partial charge in [-0.1, -0.05) is 84.4 Å². The third kappa shape index (κ3) is 5.35. The van der Waals surface area contributed by atoms with Crippen LogP contribution < -0.4 is 5.32 Å². The number of hydrogen-bond donors (Lipinski definition) is 1. The van der Waals surface area contributed by atoms with Gasteiger partial charge in [-0.15, -0.1) is 0 Å². The summed E-state index contributed by atoms with van der Waals surface area (Å²) in [6.07, 6.45) is 7.34. The van der Waals surface area contributed by atoms with E-state index in [1.54, 1.807) is 0 Å². The zero-order valence-electron chi connectivity index (χ0n) is 23.9. The molecule has 5 heteroatoms. The molecule has 1 aromatic heterocycles. The lowest BCUT2D eigenvalue weighted by atomic mass is 9.92. The first-order valence-electron chi connectivity index (χ1n) is 14.6. The van der Waals surface area contributed by atoms with Crippen LogP contribution in [0.1, 0.15) is 50.4 Å². The maximum atomic E-state index is 9.54. The molecule has 0 radical (unpaired) electrons. The molecule has 6 rings (SSSR count). The molecule has 0 amide bonds. The molecule has 2 aliphatic rings. The summed E-state index contributed by atoms with van der Waals surface area (Å²) in [5, 5.41) is 4.15. The largest absolute Gasteiger partial charge is 0.377 e. The number of nitrogens with one attached hydrogen (secondary N) is 1. The van der Waals surface area contributed by atoms with Crippen molar-refractivity contribution in [1.82, 2.24) is 14.9 Å². The number of aryl methyl sites for hydroxylation is 1. The molecule has 194 valence electrons. The van der Waals surface area contributed by atoms with Crippen LogP contribution in [0.3, 0.4) is 0 Å². The predicted octanol–water partition coefficient (Wildman–Crippen LogP) is 6.65. The molecule has 1 N–H and O–H groups in total. The van der Waals surface area contributed by atoms with E-state index in [1.807, 2.05) is 55.5 Å². The van der Waals surface area contributed by atoms with Crippen LogP contribution in [0.5, 0.6) is 0 Å². The lowest BCUT2D eigenvalue weighted by molar-refractivity contribution is -0.140. The van der Waals surface area contributed by atoms with Gasteiger partial charge in [0.25, 0.3) is 0 Å². The summed E-state index contributed by atoms with van der Waals surface area (Å²) < 4.78 is 24.9. The monoisotopic (exact) mass is 506 g/mol. The Labute approximate surface area is 228 Å². The summed E-state index contributed by atoms with van der Waals surface area (Å²) in [5.74, 6) is 1.56. The van der Waals surface area contributed by atoms with E-state index in [9.17, 15) is 2.74 Å². The van der Waals surface area contributed by atoms with E-state index < -0.39 is 12.0 Å². The lowest BCUT2D eigenvalue weighted by Crippen LogP contribution is -2.65. The zero-order chi connectivity index (χ0) is 27.6. The molecule has 0 saturated carbocycles. The second kappa shape index (κ2) is 11.1. The number of aromatic nitrogens is 2. The van der Waals surface area contributed by atoms with Gasteiger partial charge in [0.2, 0.25) is 0 Å². The molecule has 0 bridgehead atoms. The summed E-state index contributed by atoms with van der Waals surface area (Å²) in [4.78, 5) is 12.2. The first-order chi connectivity index (χ1) is 19.4. The van der Waals surface area contributed by atoms with Gasteiger partial charge in [-0.05, 0) is 49.4 Å². The number of nitrogens with zero attached hydrogens (tertiary/aromatic N) is 3. The van der Waals surface area contributed by atoms with E-state index in [0.717, 1.165) is 52.7 Å². The molecule has 1 saturated heterocycles. The first kappa shape index (κ1) is 22.4. The number of ether oxygens (including phenoxy) is 1. The van der Waals surface area contributed by atoms with Crippen molar-refractivity contribution in [1.29, 1.82) is 0 Å². The molecule has 1 aliphatic heterocycles. The first-order valence-corrected chi connectivity index (χ1v) is 13.6. The standard InChI is InChI=1S/C33H36N4O/c1-25-17-18-30-29(19-25)32(36-31(35-30)28-15-9-4-10-16-28)34-22-33(23-38-24-33)37(20-26-11-5-2-6-12-26)21-27-13-7-3-8-14-27/h2-9,11-14,17-19,28H,10,15-16,20-24H2,1H3,(H,34,35,36)/i22D2. The molecule has 1 atom stereocenters. The average Bonchev–Trinajstić information content (AvgIpc) is 2.94. The number of allylic oxidation sites excluding steroid dienone is 2. The third-order valence-corrected chi connectivity index (χ3v) is 7.64. The highest BCUT2D eigenvalue weighted by Crippen LogP contribution is 2.33. The van der Waals surface area contributed by atoms with E-state index in [1.165, 1.54) is 0 Å². The average molecular weight is 507 g/mol. The fourth-order valence-electron chi connectivity index (χ4n) is 5.34. The summed E-state index contributed by atoms with van der Waals surface area (Å²) in [6, 6.07) is 26.7. The molecule has 5 nitrogen and oxygen atoms in total. The molecular weight excluding hydrogens is 468 g/mol. The van der Waals surface area contributed by atoms with Gasteiger partial charge in [-0.3, -0.25) is 4.90 Å². The van der Waals surface area contributed by atoms with E-state index in [-0.39, 0.29) is 19.1 Å². The van der Waals surface area contributed by atoms with Crippen LogP contribution in [0.4, 0.5) is 5.82 Å². The van der Waals surface area contributed by atoms with Crippen molar-refractivity contribution < 1.29 is 7.48 Å². The molecule has 4 aromatic rings. The van der Waals surface area contributed by atoms with E-state index in [2.05, 4.69) is 52.7 Å². The summed E-state index contributed by atoms with van der Waals surface area (Å²) in [7, 11) is 0. The van der Waals surface area contributed by atoms with Crippen molar-refractivity contribution in [2.45, 2.75) is 50.7 Å². The fourth-order valence-corrected chi connectivity index (χ4v) is 5.34. The highest BCUT2D eigenvalue weighted by Gasteiger charge is 2.44. The maximum Gasteiger partial charge on any atom is 0.137 e. The van der Waals surface area contributed by atoms with E-state index in [0.29, 0.717) is 18.9 Å². The number of fused-ring (bicyclic) bond motifs is 1. The molecule has 1 fully saturated rings. The highest BCUT2D eigenvalue weighted by molar-refractivity contribution is 5.89. The number of rotatable bonds is 9. The molecule has 1 aliphatic carbocycles. The van der Waals surface area contributed by atoms with Crippen molar-refractivity contribution in [3.63, 3.8) is 0 Å². The van der Waals surface area contributed by atoms with E-state index in [4.69, 9.17) is 14.7 Å². The van der Waals surface area contributed by atoms with Crippen molar-refractivity contribution in [3.8, 4) is 0 Å². The number of benzene rings is 3. The van der Waals surface area contributed by atoms with Gasteiger partial charge in [0.1, 0.15) is 11.6 Å². The van der Waals surface area contributed by atoms with Crippen molar-refractivity contribution in [2.24, 2.45) is 0 Å². The summed E-state index contributed by atoms with van der Waals surface area (Å²) in [6.45, 7) is 1.97. The van der Waals surface area contributed by atoms with Crippen LogP contribution in [-0.2, 0) is 17.8 Å². The fraction of sp³-hybridized carbons (Fsp3) is 0.333. The molecule has 1 unspecified atom stereocenters. The van der Waals surface area contributed by atoms with Gasteiger partial charge in [-0.2, -0.15) is 0 Å². The second-order valence-electron chi connectivity index (χ2n) is 10.5. The Morgan fingerprint density at radius 1 is 0.947 bits per heavy atom. The lowest BCUT2D eigenvalue weighted by Gasteiger charge is -2.50. The second-order valence-corrected chi connectivity index (χ2v) is 10.5. The third-order valence-electron chi connectivity index (χ3n) is 7.64. The Hall–Kier alpha value is -3.54. The SMILES string of the molecule is [2H]C([2H])(Nc1nc(C2CC=CCC2)nc2ccc(C)cc12)C1(N(Cc2ccccc2)Cc2ccccc2)COC1. The van der Waals surface area contributed by atoms with Gasteiger partial charge < -0.3 is 10.1 Å². The molecule has 3 aromatic carbocycles. The van der Waals surface area contributed by atoms with Crippen LogP contribution in [0.2, 0.25) is 0 Å². The minimum absolute atomic E-state index is 0.232. The zero-order valence-corrected chi connectivity index (χ0v) is 21.9. The molecule has 38 heavy (non-hydrogen) atoms. The molecule has 0 spiro atoms. The van der Waals surface area contributed by atoms with Gasteiger partial charge in [0, 0.05) is 30.9 Å². The highest BCUT2D eigenvalue weighted by atomic mass is 16.5. The molecule has 2 heterocycles. The quantitative estimate of drug-likeness (QED) is 0.258. The van der Waals surface area contributed by atoms with Crippen LogP contribution in [0.25, 0.3) is 10.9 Å². The normalized spacial score (nSPS) is 19.6.